The molecule has 0 aliphatic heterocycles. The van der Waals surface area contributed by atoms with Crippen LogP contribution in [0.25, 0.3) is 0 Å². The fourth-order valence-electron chi connectivity index (χ4n) is 12.0. The van der Waals surface area contributed by atoms with Crippen LogP contribution in [-0.2, 0) is 65.4 Å². The van der Waals surface area contributed by atoms with E-state index in [1.165, 1.54) is 199 Å². The maximum Gasteiger partial charge on any atom is 0.472 e. The standard InChI is InChI=1S/C79H154O17P2/c1-9-72(8)58-50-42-34-26-20-16-14-12-10-11-13-15-17-21-27-35-43-51-59-76(81)89-65-74(95-78(83)61-53-45-36-28-22-18-19-24-31-39-47-55-69(2)3)67-93-97(85,86)91-63-73(80)64-92-98(87,88)94-68-75(66-90-77(82)60-52-44-38-30-33-41-49-57-71(6)7)96-79(84)62-54-46-37-29-23-25-32-40-48-56-70(4)5/h69-75,80H,9-68H2,1-8H3,(H,85,86)(H,87,88)/t72?,73?,74-,75-/m1/s1. The molecule has 0 aliphatic rings. The number of phosphoric acid groups is 2. The third-order valence-corrected chi connectivity index (χ3v) is 20.6. The quantitative estimate of drug-likeness (QED) is 0.0222. The van der Waals surface area contributed by atoms with Crippen molar-refractivity contribution in [2.24, 2.45) is 23.7 Å². The van der Waals surface area contributed by atoms with Crippen molar-refractivity contribution in [3.63, 3.8) is 0 Å². The second kappa shape index (κ2) is 68.2. The zero-order chi connectivity index (χ0) is 72.4. The molecule has 3 N–H and O–H groups in total. The largest absolute Gasteiger partial charge is 0.472 e. The fraction of sp³-hybridized carbons (Fsp3) is 0.949. The molecule has 0 rings (SSSR count). The molecule has 0 radical (unpaired) electrons. The molecule has 6 atom stereocenters. The highest BCUT2D eigenvalue weighted by molar-refractivity contribution is 7.47. The Morgan fingerprint density at radius 3 is 0.724 bits per heavy atom. The van der Waals surface area contributed by atoms with Gasteiger partial charge >= 0.3 is 39.5 Å². The summed E-state index contributed by atoms with van der Waals surface area (Å²) in [5.41, 5.74) is 0. The number of aliphatic hydroxyl groups excluding tert-OH is 1. The van der Waals surface area contributed by atoms with Gasteiger partial charge in [-0.2, -0.15) is 0 Å². The summed E-state index contributed by atoms with van der Waals surface area (Å²) in [4.78, 5) is 72.9. The van der Waals surface area contributed by atoms with Crippen LogP contribution in [0.5, 0.6) is 0 Å². The summed E-state index contributed by atoms with van der Waals surface area (Å²) >= 11 is 0. The smallest absolute Gasteiger partial charge is 0.462 e. The van der Waals surface area contributed by atoms with E-state index in [1.807, 2.05) is 0 Å². The van der Waals surface area contributed by atoms with E-state index in [4.69, 9.17) is 37.0 Å². The van der Waals surface area contributed by atoms with Crippen molar-refractivity contribution in [2.75, 3.05) is 39.6 Å². The maximum absolute atomic E-state index is 13.1. The molecule has 4 unspecified atom stereocenters. The van der Waals surface area contributed by atoms with E-state index < -0.39 is 97.5 Å². The molecule has 0 heterocycles. The zero-order valence-electron chi connectivity index (χ0n) is 64.4. The van der Waals surface area contributed by atoms with Crippen molar-refractivity contribution >= 4 is 39.5 Å². The summed E-state index contributed by atoms with van der Waals surface area (Å²) in [7, 11) is -9.92. The van der Waals surface area contributed by atoms with Crippen LogP contribution in [0, 0.1) is 23.7 Å². The van der Waals surface area contributed by atoms with Crippen LogP contribution in [0.4, 0.5) is 0 Å². The van der Waals surface area contributed by atoms with E-state index >= 15 is 0 Å². The van der Waals surface area contributed by atoms with E-state index in [9.17, 15) is 43.2 Å². The normalized spacial score (nSPS) is 14.3. The molecule has 0 spiro atoms. The summed E-state index contributed by atoms with van der Waals surface area (Å²) in [5.74, 6) is 0.961. The van der Waals surface area contributed by atoms with Gasteiger partial charge in [0.2, 0.25) is 0 Å². The molecule has 0 saturated heterocycles. The average molecular weight is 1440 g/mol. The molecule has 0 amide bonds. The highest BCUT2D eigenvalue weighted by Gasteiger charge is 2.30. The number of carbonyl (C=O) groups is 4. The molecule has 0 aromatic carbocycles. The molecular formula is C79H154O17P2. The minimum atomic E-state index is -4.96. The lowest BCUT2D eigenvalue weighted by Crippen LogP contribution is -2.30. The minimum absolute atomic E-state index is 0.104. The first-order valence-corrected chi connectivity index (χ1v) is 43.7. The van der Waals surface area contributed by atoms with Gasteiger partial charge < -0.3 is 33.8 Å². The topological polar surface area (TPSA) is 237 Å². The number of phosphoric ester groups is 2. The SMILES string of the molecule is CCC(C)CCCCCCCCCCCCCCCCCCCCC(=O)OC[C@H](COP(=O)(O)OCC(O)COP(=O)(O)OC[C@@H](COC(=O)CCCCCCCCCC(C)C)OC(=O)CCCCCCCCCCCC(C)C)OC(=O)CCCCCCCCCCCCCC(C)C. The van der Waals surface area contributed by atoms with E-state index in [2.05, 4.69) is 55.4 Å². The Morgan fingerprint density at radius 1 is 0.286 bits per heavy atom. The highest BCUT2D eigenvalue weighted by atomic mass is 31.2. The monoisotopic (exact) mass is 1440 g/mol. The third-order valence-electron chi connectivity index (χ3n) is 18.7. The lowest BCUT2D eigenvalue weighted by atomic mass is 9.99. The predicted octanol–water partition coefficient (Wildman–Crippen LogP) is 23.2. The summed E-state index contributed by atoms with van der Waals surface area (Å²) in [6.45, 7) is 14.2. The van der Waals surface area contributed by atoms with Crippen molar-refractivity contribution in [3.8, 4) is 0 Å². The number of carbonyl (C=O) groups excluding carboxylic acids is 4. The van der Waals surface area contributed by atoms with Crippen LogP contribution in [0.1, 0.15) is 402 Å². The van der Waals surface area contributed by atoms with E-state index in [-0.39, 0.29) is 25.7 Å². The summed E-state index contributed by atoms with van der Waals surface area (Å²) in [6, 6.07) is 0. The van der Waals surface area contributed by atoms with Gasteiger partial charge in [0.15, 0.2) is 12.2 Å². The Morgan fingerprint density at radius 2 is 0.490 bits per heavy atom. The molecule has 19 heteroatoms. The van der Waals surface area contributed by atoms with Crippen molar-refractivity contribution < 1.29 is 80.2 Å². The Labute approximate surface area is 600 Å². The first-order chi connectivity index (χ1) is 47.1. The van der Waals surface area contributed by atoms with Gasteiger partial charge in [0.1, 0.15) is 19.3 Å². The van der Waals surface area contributed by atoms with Gasteiger partial charge in [0, 0.05) is 25.7 Å². The minimum Gasteiger partial charge on any atom is -0.462 e. The first-order valence-electron chi connectivity index (χ1n) is 40.7. The van der Waals surface area contributed by atoms with Gasteiger partial charge in [-0.3, -0.25) is 37.3 Å². The molecule has 0 aromatic heterocycles. The van der Waals surface area contributed by atoms with Gasteiger partial charge in [-0.1, -0.05) is 351 Å². The third kappa shape index (κ3) is 71.1. The zero-order valence-corrected chi connectivity index (χ0v) is 66.2. The van der Waals surface area contributed by atoms with E-state index in [0.29, 0.717) is 31.6 Å². The number of rotatable bonds is 76. The van der Waals surface area contributed by atoms with Crippen LogP contribution < -0.4 is 0 Å². The van der Waals surface area contributed by atoms with Crippen LogP contribution >= 0.6 is 15.6 Å². The van der Waals surface area contributed by atoms with Gasteiger partial charge in [0.05, 0.1) is 26.4 Å². The molecule has 582 valence electrons. The first kappa shape index (κ1) is 96.1. The van der Waals surface area contributed by atoms with Gasteiger partial charge in [-0.15, -0.1) is 0 Å². The van der Waals surface area contributed by atoms with Gasteiger partial charge in [0.25, 0.3) is 0 Å². The summed E-state index contributed by atoms with van der Waals surface area (Å²) in [6.07, 6.45) is 54.3. The molecule has 98 heavy (non-hydrogen) atoms. The second-order valence-corrected chi connectivity index (χ2v) is 33.0. The van der Waals surface area contributed by atoms with Crippen LogP contribution in [-0.4, -0.2) is 96.7 Å². The number of aliphatic hydroxyl groups is 1. The highest BCUT2D eigenvalue weighted by Crippen LogP contribution is 2.45. The van der Waals surface area contributed by atoms with Gasteiger partial charge in [-0.25, -0.2) is 9.13 Å². The second-order valence-electron chi connectivity index (χ2n) is 30.1. The number of esters is 4. The van der Waals surface area contributed by atoms with Crippen molar-refractivity contribution in [2.45, 2.75) is 420 Å². The maximum atomic E-state index is 13.1. The molecule has 0 aromatic rings. The molecular weight excluding hydrogens is 1280 g/mol. The lowest BCUT2D eigenvalue weighted by molar-refractivity contribution is -0.161. The molecule has 0 bridgehead atoms. The predicted molar refractivity (Wildman–Crippen MR) is 400 cm³/mol. The summed E-state index contributed by atoms with van der Waals surface area (Å²) in [5, 5.41) is 10.6. The van der Waals surface area contributed by atoms with E-state index in [0.717, 1.165) is 114 Å². The summed E-state index contributed by atoms with van der Waals surface area (Å²) < 4.78 is 68.6. The van der Waals surface area contributed by atoms with Crippen molar-refractivity contribution in [1.82, 2.24) is 0 Å². The Bertz CT molecular complexity index is 1920. The Kier molecular flexibility index (Phi) is 66.8. The van der Waals surface area contributed by atoms with Crippen molar-refractivity contribution in [3.05, 3.63) is 0 Å². The number of unbranched alkanes of at least 4 members (excludes halogenated alkanes) is 41. The van der Waals surface area contributed by atoms with E-state index in [1.54, 1.807) is 0 Å². The number of hydrogen-bond donors (Lipinski definition) is 3. The molecule has 0 saturated carbocycles. The van der Waals surface area contributed by atoms with Crippen LogP contribution in [0.15, 0.2) is 0 Å². The van der Waals surface area contributed by atoms with Crippen LogP contribution in [0.2, 0.25) is 0 Å². The molecule has 0 fully saturated rings. The van der Waals surface area contributed by atoms with Crippen molar-refractivity contribution in [1.29, 1.82) is 0 Å². The Hall–Kier alpha value is -1.94. The Balaban J connectivity index is 5.18. The molecule has 17 nitrogen and oxygen atoms in total. The average Bonchev–Trinajstić information content (AvgIpc) is 1.86. The van der Waals surface area contributed by atoms with Crippen LogP contribution in [0.3, 0.4) is 0 Å². The fourth-order valence-corrected chi connectivity index (χ4v) is 13.6. The molecule has 0 aliphatic carbocycles. The lowest BCUT2D eigenvalue weighted by Gasteiger charge is -2.21. The number of ether oxygens (including phenoxy) is 4. The number of hydrogen-bond acceptors (Lipinski definition) is 15. The van der Waals surface area contributed by atoms with Gasteiger partial charge in [-0.05, 0) is 49.4 Å².